The molecule has 0 spiro atoms. The van der Waals surface area contributed by atoms with Crippen molar-refractivity contribution < 1.29 is 17.9 Å². The lowest BCUT2D eigenvalue weighted by Gasteiger charge is -2.40. The van der Waals surface area contributed by atoms with Gasteiger partial charge >= 0.3 is 0 Å². The third-order valence-electron chi connectivity index (χ3n) is 5.57. The van der Waals surface area contributed by atoms with Crippen molar-refractivity contribution in [3.8, 4) is 0 Å². The minimum Gasteiger partial charge on any atom is -0.378 e. The van der Waals surface area contributed by atoms with E-state index in [1.807, 2.05) is 18.7 Å². The summed E-state index contributed by atoms with van der Waals surface area (Å²) in [5.74, 6) is 0.437. The molecular weight excluding hydrogens is 364 g/mol. The number of aryl methyl sites for hydroxylation is 1. The van der Waals surface area contributed by atoms with Crippen LogP contribution in [0.15, 0.2) is 29.2 Å². The number of rotatable bonds is 7. The monoisotopic (exact) mass is 394 g/mol. The Bertz CT molecular complexity index is 742. The van der Waals surface area contributed by atoms with Crippen LogP contribution >= 0.6 is 0 Å². The molecule has 6 nitrogen and oxygen atoms in total. The van der Waals surface area contributed by atoms with Gasteiger partial charge in [0.1, 0.15) is 0 Å². The lowest BCUT2D eigenvalue weighted by atomic mass is 9.80. The minimum atomic E-state index is -3.51. The lowest BCUT2D eigenvalue weighted by Crippen LogP contribution is -2.49. The summed E-state index contributed by atoms with van der Waals surface area (Å²) in [6.45, 7) is 6.36. The standard InChI is InChI=1S/C20H30N2O4S/c1-3-26-18-11-17(12-18)20(23)22-10-4-5-16(14-22)13-21-27(24,25)19-8-6-15(2)7-9-19/h6-9,16-18,21H,3-5,10-14H2,1-2H3. The average molecular weight is 395 g/mol. The smallest absolute Gasteiger partial charge is 0.240 e. The summed E-state index contributed by atoms with van der Waals surface area (Å²) in [6, 6.07) is 6.84. The number of amides is 1. The number of benzene rings is 1. The molecule has 1 atom stereocenters. The molecule has 1 unspecified atom stereocenters. The number of ether oxygens (including phenoxy) is 1. The minimum absolute atomic E-state index is 0.0737. The fourth-order valence-electron chi connectivity index (χ4n) is 3.86. The van der Waals surface area contributed by atoms with Crippen LogP contribution in [0.25, 0.3) is 0 Å². The lowest BCUT2D eigenvalue weighted by molar-refractivity contribution is -0.146. The first-order chi connectivity index (χ1) is 12.9. The van der Waals surface area contributed by atoms with E-state index < -0.39 is 10.0 Å². The molecule has 0 radical (unpaired) electrons. The number of carbonyl (C=O) groups is 1. The zero-order valence-electron chi connectivity index (χ0n) is 16.2. The predicted molar refractivity (Wildman–Crippen MR) is 104 cm³/mol. The van der Waals surface area contributed by atoms with Gasteiger partial charge in [0.25, 0.3) is 0 Å². The molecule has 2 aliphatic rings. The topological polar surface area (TPSA) is 75.7 Å². The highest BCUT2D eigenvalue weighted by atomic mass is 32.2. The second-order valence-electron chi connectivity index (χ2n) is 7.70. The molecule has 0 bridgehead atoms. The van der Waals surface area contributed by atoms with Crippen molar-refractivity contribution in [3.63, 3.8) is 0 Å². The van der Waals surface area contributed by atoms with Gasteiger partial charge in [-0.05, 0) is 57.6 Å². The second-order valence-corrected chi connectivity index (χ2v) is 9.47. The third kappa shape index (κ3) is 5.09. The fourth-order valence-corrected chi connectivity index (χ4v) is 4.97. The van der Waals surface area contributed by atoms with E-state index in [0.717, 1.165) is 37.8 Å². The van der Waals surface area contributed by atoms with Gasteiger partial charge in [0.15, 0.2) is 0 Å². The van der Waals surface area contributed by atoms with Crippen molar-refractivity contribution >= 4 is 15.9 Å². The number of piperidine rings is 1. The number of hydrogen-bond donors (Lipinski definition) is 1. The maximum absolute atomic E-state index is 12.7. The molecule has 150 valence electrons. The second kappa shape index (κ2) is 8.71. The molecule has 27 heavy (non-hydrogen) atoms. The van der Waals surface area contributed by atoms with E-state index in [0.29, 0.717) is 19.7 Å². The molecule has 1 saturated heterocycles. The molecule has 1 saturated carbocycles. The Hall–Kier alpha value is -1.44. The first-order valence-electron chi connectivity index (χ1n) is 9.85. The van der Waals surface area contributed by atoms with Crippen molar-refractivity contribution in [1.82, 2.24) is 9.62 Å². The van der Waals surface area contributed by atoms with Gasteiger partial charge in [0, 0.05) is 32.2 Å². The van der Waals surface area contributed by atoms with Gasteiger partial charge in [-0.1, -0.05) is 17.7 Å². The number of carbonyl (C=O) groups excluding carboxylic acids is 1. The zero-order chi connectivity index (χ0) is 19.4. The third-order valence-corrected chi connectivity index (χ3v) is 7.01. The SMILES string of the molecule is CCOC1CC(C(=O)N2CCCC(CNS(=O)(=O)c3ccc(C)cc3)C2)C1. The van der Waals surface area contributed by atoms with E-state index in [1.165, 1.54) is 0 Å². The number of hydrogen-bond acceptors (Lipinski definition) is 4. The van der Waals surface area contributed by atoms with Gasteiger partial charge in [-0.15, -0.1) is 0 Å². The first kappa shape index (κ1) is 20.3. The summed E-state index contributed by atoms with van der Waals surface area (Å²) in [4.78, 5) is 14.9. The molecule has 2 fully saturated rings. The summed E-state index contributed by atoms with van der Waals surface area (Å²) in [5, 5.41) is 0. The summed E-state index contributed by atoms with van der Waals surface area (Å²) >= 11 is 0. The van der Waals surface area contributed by atoms with Crippen molar-refractivity contribution in [3.05, 3.63) is 29.8 Å². The Kier molecular flexibility index (Phi) is 6.55. The van der Waals surface area contributed by atoms with Crippen LogP contribution in [0.5, 0.6) is 0 Å². The number of sulfonamides is 1. The van der Waals surface area contributed by atoms with Crippen LogP contribution < -0.4 is 4.72 Å². The normalized spacial score (nSPS) is 25.9. The number of likely N-dealkylation sites (tertiary alicyclic amines) is 1. The average Bonchev–Trinajstić information content (AvgIpc) is 2.63. The molecule has 1 N–H and O–H groups in total. The van der Waals surface area contributed by atoms with Crippen LogP contribution in [0.3, 0.4) is 0 Å². The highest BCUT2D eigenvalue weighted by Crippen LogP contribution is 2.32. The first-order valence-corrected chi connectivity index (χ1v) is 11.3. The van der Waals surface area contributed by atoms with Gasteiger partial charge in [-0.25, -0.2) is 13.1 Å². The summed E-state index contributed by atoms with van der Waals surface area (Å²) in [7, 11) is -3.51. The van der Waals surface area contributed by atoms with Gasteiger partial charge < -0.3 is 9.64 Å². The highest BCUT2D eigenvalue weighted by molar-refractivity contribution is 7.89. The Morgan fingerprint density at radius 2 is 1.96 bits per heavy atom. The molecular formula is C20H30N2O4S. The molecule has 1 heterocycles. The highest BCUT2D eigenvalue weighted by Gasteiger charge is 2.38. The molecule has 3 rings (SSSR count). The van der Waals surface area contributed by atoms with E-state index in [1.54, 1.807) is 24.3 Å². The van der Waals surface area contributed by atoms with E-state index in [2.05, 4.69) is 4.72 Å². The summed E-state index contributed by atoms with van der Waals surface area (Å²) < 4.78 is 33.2. The van der Waals surface area contributed by atoms with Crippen LogP contribution in [0.4, 0.5) is 0 Å². The van der Waals surface area contributed by atoms with Crippen LogP contribution in [0.1, 0.15) is 38.2 Å². The maximum atomic E-state index is 12.7. The molecule has 1 aliphatic heterocycles. The Labute approximate surface area is 162 Å². The maximum Gasteiger partial charge on any atom is 0.240 e. The number of nitrogens with zero attached hydrogens (tertiary/aromatic N) is 1. The van der Waals surface area contributed by atoms with E-state index in [-0.39, 0.29) is 28.7 Å². The summed E-state index contributed by atoms with van der Waals surface area (Å²) in [5.41, 5.74) is 1.03. The zero-order valence-corrected chi connectivity index (χ0v) is 17.0. The van der Waals surface area contributed by atoms with E-state index >= 15 is 0 Å². The van der Waals surface area contributed by atoms with Crippen molar-refractivity contribution in [1.29, 1.82) is 0 Å². The van der Waals surface area contributed by atoms with E-state index in [9.17, 15) is 13.2 Å². The van der Waals surface area contributed by atoms with Gasteiger partial charge in [0.05, 0.1) is 11.0 Å². The van der Waals surface area contributed by atoms with Crippen LogP contribution in [-0.2, 0) is 19.6 Å². The molecule has 1 aromatic carbocycles. The molecule has 1 aliphatic carbocycles. The predicted octanol–water partition coefficient (Wildman–Crippen LogP) is 2.33. The van der Waals surface area contributed by atoms with Crippen LogP contribution in [0.2, 0.25) is 0 Å². The molecule has 1 aromatic rings. The fraction of sp³-hybridized carbons (Fsp3) is 0.650. The molecule has 0 aromatic heterocycles. The van der Waals surface area contributed by atoms with Crippen molar-refractivity contribution in [2.24, 2.45) is 11.8 Å². The Morgan fingerprint density at radius 1 is 1.26 bits per heavy atom. The Balaban J connectivity index is 1.50. The van der Waals surface area contributed by atoms with Crippen molar-refractivity contribution in [2.45, 2.75) is 50.5 Å². The summed E-state index contributed by atoms with van der Waals surface area (Å²) in [6.07, 6.45) is 3.71. The quantitative estimate of drug-likeness (QED) is 0.770. The largest absolute Gasteiger partial charge is 0.378 e. The number of nitrogens with one attached hydrogen (secondary N) is 1. The molecule has 7 heteroatoms. The van der Waals surface area contributed by atoms with Crippen LogP contribution in [0, 0.1) is 18.8 Å². The van der Waals surface area contributed by atoms with Gasteiger partial charge in [0.2, 0.25) is 15.9 Å². The van der Waals surface area contributed by atoms with E-state index in [4.69, 9.17) is 4.74 Å². The van der Waals surface area contributed by atoms with Gasteiger partial charge in [-0.2, -0.15) is 0 Å². The van der Waals surface area contributed by atoms with Crippen molar-refractivity contribution in [2.75, 3.05) is 26.2 Å². The Morgan fingerprint density at radius 3 is 2.63 bits per heavy atom. The van der Waals surface area contributed by atoms with Crippen LogP contribution in [-0.4, -0.2) is 51.6 Å². The molecule has 1 amide bonds. The van der Waals surface area contributed by atoms with Gasteiger partial charge in [-0.3, -0.25) is 4.79 Å².